The van der Waals surface area contributed by atoms with E-state index in [2.05, 4.69) is 72.4 Å². The Kier molecular flexibility index (Phi) is 4.81. The predicted octanol–water partition coefficient (Wildman–Crippen LogP) is 3.20. The van der Waals surface area contributed by atoms with Gasteiger partial charge in [-0.3, -0.25) is 5.10 Å². The minimum atomic E-state index is 0.891. The van der Waals surface area contributed by atoms with Crippen molar-refractivity contribution in [2.24, 2.45) is 0 Å². The molecule has 126 valence electrons. The van der Waals surface area contributed by atoms with E-state index in [4.69, 9.17) is 0 Å². The molecule has 2 aromatic heterocycles. The molecule has 0 saturated heterocycles. The van der Waals surface area contributed by atoms with Crippen LogP contribution in [0.5, 0.6) is 0 Å². The summed E-state index contributed by atoms with van der Waals surface area (Å²) in [6.07, 6.45) is 5.08. The van der Waals surface area contributed by atoms with Crippen LogP contribution in [0.1, 0.15) is 28.1 Å². The maximum atomic E-state index is 4.51. The van der Waals surface area contributed by atoms with E-state index in [9.17, 15) is 0 Å². The zero-order chi connectivity index (χ0) is 17.1. The molecule has 0 bridgehead atoms. The van der Waals surface area contributed by atoms with Crippen LogP contribution in [-0.4, -0.2) is 38.5 Å². The Balaban J connectivity index is 1.61. The van der Waals surface area contributed by atoms with E-state index in [0.29, 0.717) is 0 Å². The van der Waals surface area contributed by atoms with Crippen LogP contribution >= 0.6 is 0 Å². The molecule has 0 aliphatic rings. The first-order valence-corrected chi connectivity index (χ1v) is 8.33. The molecule has 5 heteroatoms. The number of nitrogens with zero attached hydrogens (tertiary/aromatic N) is 4. The lowest BCUT2D eigenvalue weighted by Crippen LogP contribution is -2.20. The number of aryl methyl sites for hydroxylation is 3. The number of H-pyrrole nitrogens is 1. The van der Waals surface area contributed by atoms with Crippen molar-refractivity contribution in [3.8, 4) is 5.69 Å². The molecule has 0 saturated carbocycles. The van der Waals surface area contributed by atoms with Gasteiger partial charge in [-0.05, 0) is 51.4 Å². The first-order valence-electron chi connectivity index (χ1n) is 8.33. The van der Waals surface area contributed by atoms with Gasteiger partial charge in [0, 0.05) is 30.5 Å². The molecule has 5 nitrogen and oxygen atoms in total. The topological polar surface area (TPSA) is 49.7 Å². The van der Waals surface area contributed by atoms with Crippen molar-refractivity contribution < 1.29 is 0 Å². The second kappa shape index (κ2) is 7.01. The largest absolute Gasteiger partial charge is 0.302 e. The fourth-order valence-electron chi connectivity index (χ4n) is 3.03. The summed E-state index contributed by atoms with van der Waals surface area (Å²) in [6.45, 7) is 8.14. The van der Waals surface area contributed by atoms with Gasteiger partial charge in [0.1, 0.15) is 0 Å². The van der Waals surface area contributed by atoms with Crippen molar-refractivity contribution >= 4 is 0 Å². The monoisotopic (exact) mass is 323 g/mol. The lowest BCUT2D eigenvalue weighted by molar-refractivity contribution is 0.331. The number of likely N-dealkylation sites (N-methyl/N-ethyl adjacent to an activating group) is 1. The predicted molar refractivity (Wildman–Crippen MR) is 96.4 cm³/mol. The second-order valence-electron chi connectivity index (χ2n) is 6.48. The molecule has 0 aliphatic heterocycles. The van der Waals surface area contributed by atoms with E-state index >= 15 is 0 Å². The van der Waals surface area contributed by atoms with Crippen LogP contribution < -0.4 is 0 Å². The third-order valence-corrected chi connectivity index (χ3v) is 4.48. The molecule has 24 heavy (non-hydrogen) atoms. The molecule has 0 amide bonds. The maximum Gasteiger partial charge on any atom is 0.0674 e. The van der Waals surface area contributed by atoms with E-state index in [1.165, 1.54) is 22.4 Å². The molecule has 0 aliphatic carbocycles. The lowest BCUT2D eigenvalue weighted by atomic mass is 10.1. The highest BCUT2D eigenvalue weighted by atomic mass is 15.3. The van der Waals surface area contributed by atoms with Gasteiger partial charge in [0.25, 0.3) is 0 Å². The maximum absolute atomic E-state index is 4.51. The van der Waals surface area contributed by atoms with E-state index in [1.54, 1.807) is 0 Å². The minimum absolute atomic E-state index is 0.891. The Morgan fingerprint density at radius 2 is 1.96 bits per heavy atom. The Morgan fingerprint density at radius 3 is 2.67 bits per heavy atom. The Morgan fingerprint density at radius 1 is 1.17 bits per heavy atom. The molecular weight excluding hydrogens is 298 g/mol. The summed E-state index contributed by atoms with van der Waals surface area (Å²) in [5.41, 5.74) is 7.20. The third kappa shape index (κ3) is 3.57. The van der Waals surface area contributed by atoms with Gasteiger partial charge in [0.2, 0.25) is 0 Å². The molecule has 0 atom stereocenters. The molecule has 2 heterocycles. The lowest BCUT2D eigenvalue weighted by Gasteiger charge is -2.15. The zero-order valence-corrected chi connectivity index (χ0v) is 14.9. The number of hydrogen-bond acceptors (Lipinski definition) is 3. The van der Waals surface area contributed by atoms with Crippen LogP contribution in [0.15, 0.2) is 36.7 Å². The van der Waals surface area contributed by atoms with Gasteiger partial charge in [-0.1, -0.05) is 18.2 Å². The summed E-state index contributed by atoms with van der Waals surface area (Å²) in [6, 6.07) is 8.31. The average molecular weight is 323 g/mol. The Bertz CT molecular complexity index is 795. The summed E-state index contributed by atoms with van der Waals surface area (Å²) in [5.74, 6) is 0. The van der Waals surface area contributed by atoms with Gasteiger partial charge >= 0.3 is 0 Å². The van der Waals surface area contributed by atoms with Crippen molar-refractivity contribution in [3.63, 3.8) is 0 Å². The molecule has 3 rings (SSSR count). The number of hydrogen-bond donors (Lipinski definition) is 1. The van der Waals surface area contributed by atoms with Crippen LogP contribution in [-0.2, 0) is 13.0 Å². The molecule has 0 fully saturated rings. The zero-order valence-electron chi connectivity index (χ0n) is 14.9. The van der Waals surface area contributed by atoms with Gasteiger partial charge in [-0.25, -0.2) is 4.68 Å². The summed E-state index contributed by atoms with van der Waals surface area (Å²) in [4.78, 5) is 2.32. The Labute approximate surface area is 143 Å². The minimum Gasteiger partial charge on any atom is -0.302 e. The van der Waals surface area contributed by atoms with Crippen molar-refractivity contribution in [1.82, 2.24) is 24.9 Å². The smallest absolute Gasteiger partial charge is 0.0674 e. The molecule has 3 aromatic rings. The van der Waals surface area contributed by atoms with Crippen LogP contribution in [0.25, 0.3) is 5.69 Å². The highest BCUT2D eigenvalue weighted by molar-refractivity contribution is 5.39. The van der Waals surface area contributed by atoms with Crippen molar-refractivity contribution in [3.05, 3.63) is 64.7 Å². The van der Waals surface area contributed by atoms with Crippen molar-refractivity contribution in [2.45, 2.75) is 33.7 Å². The number of aromatic nitrogens is 4. The standard InChI is InChI=1S/C19H25N5/c1-14-7-5-6-8-19(14)24-13-17(11-20-24)12-23(4)10-9-18-15(2)21-22-16(18)3/h5-8,11,13H,9-10,12H2,1-4H3,(H,21,22). The molecule has 0 unspecified atom stereocenters. The van der Waals surface area contributed by atoms with Gasteiger partial charge in [0.05, 0.1) is 17.6 Å². The summed E-state index contributed by atoms with van der Waals surface area (Å²) >= 11 is 0. The number of para-hydroxylation sites is 1. The Hall–Kier alpha value is -2.40. The molecule has 0 radical (unpaired) electrons. The van der Waals surface area contributed by atoms with E-state index in [1.807, 2.05) is 16.9 Å². The van der Waals surface area contributed by atoms with E-state index in [-0.39, 0.29) is 0 Å². The first kappa shape index (κ1) is 16.5. The normalized spacial score (nSPS) is 11.4. The molecular formula is C19H25N5. The third-order valence-electron chi connectivity index (χ3n) is 4.48. The number of nitrogens with one attached hydrogen (secondary N) is 1. The van der Waals surface area contributed by atoms with Crippen LogP contribution in [0, 0.1) is 20.8 Å². The van der Waals surface area contributed by atoms with Gasteiger partial charge in [-0.15, -0.1) is 0 Å². The summed E-state index contributed by atoms with van der Waals surface area (Å²) < 4.78 is 1.96. The first-order chi connectivity index (χ1) is 11.5. The van der Waals surface area contributed by atoms with Gasteiger partial charge in [-0.2, -0.15) is 10.2 Å². The summed E-state index contributed by atoms with van der Waals surface area (Å²) in [7, 11) is 2.15. The van der Waals surface area contributed by atoms with E-state index in [0.717, 1.165) is 30.9 Å². The van der Waals surface area contributed by atoms with E-state index < -0.39 is 0 Å². The highest BCUT2D eigenvalue weighted by Crippen LogP contribution is 2.15. The van der Waals surface area contributed by atoms with Crippen molar-refractivity contribution in [2.75, 3.05) is 13.6 Å². The quantitative estimate of drug-likeness (QED) is 0.758. The second-order valence-corrected chi connectivity index (χ2v) is 6.48. The van der Waals surface area contributed by atoms with Gasteiger partial charge < -0.3 is 4.90 Å². The summed E-state index contributed by atoms with van der Waals surface area (Å²) in [5, 5.41) is 11.8. The highest BCUT2D eigenvalue weighted by Gasteiger charge is 2.09. The average Bonchev–Trinajstić information content (AvgIpc) is 3.13. The van der Waals surface area contributed by atoms with Crippen LogP contribution in [0.2, 0.25) is 0 Å². The van der Waals surface area contributed by atoms with Gasteiger partial charge in [0.15, 0.2) is 0 Å². The molecule has 1 aromatic carbocycles. The fourth-order valence-corrected chi connectivity index (χ4v) is 3.03. The van der Waals surface area contributed by atoms with Crippen LogP contribution in [0.3, 0.4) is 0 Å². The van der Waals surface area contributed by atoms with Crippen LogP contribution in [0.4, 0.5) is 0 Å². The number of benzene rings is 1. The molecule has 0 spiro atoms. The molecule has 1 N–H and O–H groups in total. The number of rotatable bonds is 6. The SMILES string of the molecule is Cc1ccccc1-n1cc(CN(C)CCc2c(C)n[nH]c2C)cn1. The number of aromatic amines is 1. The van der Waals surface area contributed by atoms with Crippen molar-refractivity contribution in [1.29, 1.82) is 0 Å². The fraction of sp³-hybridized carbons (Fsp3) is 0.368.